The minimum atomic E-state index is -0.495. The van der Waals surface area contributed by atoms with Crippen LogP contribution >= 0.6 is 0 Å². The van der Waals surface area contributed by atoms with Gasteiger partial charge in [-0.1, -0.05) is 30.3 Å². The van der Waals surface area contributed by atoms with E-state index in [9.17, 15) is 10.1 Å². The number of hydrogen-bond donors (Lipinski definition) is 0. The van der Waals surface area contributed by atoms with Crippen molar-refractivity contribution in [1.29, 1.82) is 0 Å². The minimum absolute atomic E-state index is 0.495. The van der Waals surface area contributed by atoms with E-state index in [1.165, 1.54) is 6.08 Å². The largest absolute Gasteiger partial charge is 0.457 e. The smallest absolute Gasteiger partial charge is 0.235 e. The van der Waals surface area contributed by atoms with Gasteiger partial charge in [0.1, 0.15) is 11.5 Å². The van der Waals surface area contributed by atoms with Crippen LogP contribution in [-0.4, -0.2) is 4.92 Å². The third-order valence-corrected chi connectivity index (χ3v) is 2.23. The Morgan fingerprint density at radius 1 is 1.00 bits per heavy atom. The lowest BCUT2D eigenvalue weighted by molar-refractivity contribution is -0.400. The first-order valence-corrected chi connectivity index (χ1v) is 5.39. The van der Waals surface area contributed by atoms with Crippen LogP contribution in [0.2, 0.25) is 0 Å². The molecule has 4 nitrogen and oxygen atoms in total. The molecule has 0 atom stereocenters. The maximum absolute atomic E-state index is 10.2. The van der Waals surface area contributed by atoms with Crippen molar-refractivity contribution in [3.63, 3.8) is 0 Å². The first-order chi connectivity index (χ1) is 8.74. The van der Waals surface area contributed by atoms with Gasteiger partial charge in [-0.15, -0.1) is 0 Å². The number of rotatable bonds is 4. The molecule has 4 heteroatoms. The fraction of sp³-hybridized carbons (Fsp3) is 0. The second-order valence-electron chi connectivity index (χ2n) is 3.59. The Bertz CT molecular complexity index is 564. The molecule has 0 aliphatic carbocycles. The molecule has 0 aromatic heterocycles. The van der Waals surface area contributed by atoms with Gasteiger partial charge < -0.3 is 4.74 Å². The molecule has 0 amide bonds. The molecule has 0 aliphatic rings. The second kappa shape index (κ2) is 5.63. The number of benzene rings is 2. The fourth-order valence-corrected chi connectivity index (χ4v) is 1.45. The number of nitro groups is 1. The van der Waals surface area contributed by atoms with Crippen LogP contribution in [0.25, 0.3) is 6.08 Å². The van der Waals surface area contributed by atoms with E-state index in [4.69, 9.17) is 4.74 Å². The summed E-state index contributed by atoms with van der Waals surface area (Å²) in [7, 11) is 0. The molecule has 0 bridgehead atoms. The molecule has 0 spiro atoms. The standard InChI is InChI=1S/C14H11NO3/c16-15(17)10-9-12-5-4-8-14(11-12)18-13-6-2-1-3-7-13/h1-11H/b10-9+. The third kappa shape index (κ3) is 3.45. The Kier molecular flexibility index (Phi) is 3.71. The van der Waals surface area contributed by atoms with Crippen molar-refractivity contribution in [3.05, 3.63) is 76.5 Å². The predicted molar refractivity (Wildman–Crippen MR) is 69.0 cm³/mol. The average Bonchev–Trinajstić information content (AvgIpc) is 2.38. The van der Waals surface area contributed by atoms with Gasteiger partial charge in [0.15, 0.2) is 0 Å². The summed E-state index contributed by atoms with van der Waals surface area (Å²) in [5.41, 5.74) is 0.722. The molecule has 90 valence electrons. The van der Waals surface area contributed by atoms with Crippen LogP contribution in [0.5, 0.6) is 11.5 Å². The first-order valence-electron chi connectivity index (χ1n) is 5.39. The van der Waals surface area contributed by atoms with Crippen molar-refractivity contribution in [2.45, 2.75) is 0 Å². The van der Waals surface area contributed by atoms with Crippen LogP contribution in [-0.2, 0) is 0 Å². The van der Waals surface area contributed by atoms with Crippen LogP contribution < -0.4 is 4.74 Å². The van der Waals surface area contributed by atoms with Crippen molar-refractivity contribution < 1.29 is 9.66 Å². The van der Waals surface area contributed by atoms with Crippen LogP contribution in [0.15, 0.2) is 60.8 Å². The van der Waals surface area contributed by atoms with E-state index in [0.717, 1.165) is 17.5 Å². The zero-order valence-corrected chi connectivity index (χ0v) is 9.52. The lowest BCUT2D eigenvalue weighted by atomic mass is 10.2. The van der Waals surface area contributed by atoms with Crippen molar-refractivity contribution in [1.82, 2.24) is 0 Å². The summed E-state index contributed by atoms with van der Waals surface area (Å²) in [4.78, 5) is 9.74. The quantitative estimate of drug-likeness (QED) is 0.605. The van der Waals surface area contributed by atoms with Crippen molar-refractivity contribution in [2.75, 3.05) is 0 Å². The second-order valence-corrected chi connectivity index (χ2v) is 3.59. The summed E-state index contributed by atoms with van der Waals surface area (Å²) in [5, 5.41) is 10.2. The van der Waals surface area contributed by atoms with E-state index < -0.39 is 4.92 Å². The average molecular weight is 241 g/mol. The summed E-state index contributed by atoms with van der Waals surface area (Å²) < 4.78 is 5.62. The van der Waals surface area contributed by atoms with Gasteiger partial charge in [0.25, 0.3) is 0 Å². The summed E-state index contributed by atoms with van der Waals surface area (Å²) in [6.45, 7) is 0. The molecule has 18 heavy (non-hydrogen) atoms. The van der Waals surface area contributed by atoms with Crippen LogP contribution in [0, 0.1) is 10.1 Å². The zero-order valence-electron chi connectivity index (χ0n) is 9.52. The molecule has 2 aromatic rings. The Hall–Kier alpha value is -2.62. The third-order valence-electron chi connectivity index (χ3n) is 2.23. The van der Waals surface area contributed by atoms with E-state index in [-0.39, 0.29) is 0 Å². The molecule has 0 saturated heterocycles. The Morgan fingerprint density at radius 3 is 2.44 bits per heavy atom. The van der Waals surface area contributed by atoms with Crippen molar-refractivity contribution in [3.8, 4) is 11.5 Å². The maximum Gasteiger partial charge on any atom is 0.235 e. The van der Waals surface area contributed by atoms with Crippen LogP contribution in [0.3, 0.4) is 0 Å². The Morgan fingerprint density at radius 2 is 1.72 bits per heavy atom. The summed E-state index contributed by atoms with van der Waals surface area (Å²) in [5.74, 6) is 1.37. The molecule has 0 N–H and O–H groups in total. The summed E-state index contributed by atoms with van der Waals surface area (Å²) in [6.07, 6.45) is 2.33. The highest BCUT2D eigenvalue weighted by molar-refractivity contribution is 5.51. The molecule has 0 saturated carbocycles. The van der Waals surface area contributed by atoms with E-state index in [1.807, 2.05) is 30.3 Å². The van der Waals surface area contributed by atoms with Crippen molar-refractivity contribution >= 4 is 6.08 Å². The highest BCUT2D eigenvalue weighted by Crippen LogP contribution is 2.22. The van der Waals surface area contributed by atoms with Crippen LogP contribution in [0.4, 0.5) is 0 Å². The van der Waals surface area contributed by atoms with Gasteiger partial charge in [-0.2, -0.15) is 0 Å². The zero-order chi connectivity index (χ0) is 12.8. The van der Waals surface area contributed by atoms with Gasteiger partial charge in [0, 0.05) is 6.08 Å². The van der Waals surface area contributed by atoms with E-state index in [0.29, 0.717) is 5.75 Å². The lowest BCUT2D eigenvalue weighted by Gasteiger charge is -2.05. The molecule has 0 aliphatic heterocycles. The molecular weight excluding hydrogens is 230 g/mol. The minimum Gasteiger partial charge on any atom is -0.457 e. The van der Waals surface area contributed by atoms with Crippen LogP contribution in [0.1, 0.15) is 5.56 Å². The number of ether oxygens (including phenoxy) is 1. The van der Waals surface area contributed by atoms with Crippen molar-refractivity contribution in [2.24, 2.45) is 0 Å². The normalized spacial score (nSPS) is 10.4. The molecule has 0 heterocycles. The number of nitrogens with zero attached hydrogens (tertiary/aromatic N) is 1. The predicted octanol–water partition coefficient (Wildman–Crippen LogP) is 3.73. The van der Waals surface area contributed by atoms with Gasteiger partial charge in [-0.3, -0.25) is 10.1 Å². The van der Waals surface area contributed by atoms with E-state index in [1.54, 1.807) is 24.3 Å². The number of hydrogen-bond acceptors (Lipinski definition) is 3. The molecular formula is C14H11NO3. The maximum atomic E-state index is 10.2. The summed E-state index contributed by atoms with van der Waals surface area (Å²) in [6, 6.07) is 16.5. The van der Waals surface area contributed by atoms with Gasteiger partial charge in [-0.25, -0.2) is 0 Å². The van der Waals surface area contributed by atoms with E-state index >= 15 is 0 Å². The first kappa shape index (κ1) is 11.9. The highest BCUT2D eigenvalue weighted by Gasteiger charge is 1.97. The van der Waals surface area contributed by atoms with Gasteiger partial charge >= 0.3 is 0 Å². The van der Waals surface area contributed by atoms with Gasteiger partial charge in [0.05, 0.1) is 4.92 Å². The summed E-state index contributed by atoms with van der Waals surface area (Å²) >= 11 is 0. The Labute approximate surface area is 104 Å². The van der Waals surface area contributed by atoms with Gasteiger partial charge in [0.2, 0.25) is 6.20 Å². The molecule has 0 radical (unpaired) electrons. The molecule has 0 fully saturated rings. The van der Waals surface area contributed by atoms with E-state index in [2.05, 4.69) is 0 Å². The fourth-order valence-electron chi connectivity index (χ4n) is 1.45. The van der Waals surface area contributed by atoms with Gasteiger partial charge in [-0.05, 0) is 29.8 Å². The Balaban J connectivity index is 2.15. The molecule has 2 aromatic carbocycles. The highest BCUT2D eigenvalue weighted by atomic mass is 16.6. The SMILES string of the molecule is O=[N+]([O-])/C=C/c1cccc(Oc2ccccc2)c1. The monoisotopic (exact) mass is 241 g/mol. The number of para-hydroxylation sites is 1. The molecule has 0 unspecified atom stereocenters. The lowest BCUT2D eigenvalue weighted by Crippen LogP contribution is -1.85. The topological polar surface area (TPSA) is 52.4 Å². The molecule has 2 rings (SSSR count).